The number of carbonyl (C=O) groups excluding carboxylic acids is 1. The van der Waals surface area contributed by atoms with E-state index >= 15 is 0 Å². The Kier molecular flexibility index (Phi) is 5.05. The maximum absolute atomic E-state index is 11.8. The second-order valence-electron chi connectivity index (χ2n) is 4.93. The summed E-state index contributed by atoms with van der Waals surface area (Å²) in [6.07, 6.45) is 0.924. The third kappa shape index (κ3) is 5.52. The zero-order chi connectivity index (χ0) is 14.5. The number of hydrogen-bond donors (Lipinski definition) is 0. The molecular weight excluding hydrogens is 250 g/mol. The largest absolute Gasteiger partial charge is 0.444 e. The predicted octanol–water partition coefficient (Wildman–Crippen LogP) is 1.78. The molecule has 0 radical (unpaired) electrons. The SMILES string of the molecule is COOc1cc(CN(C)C(=O)OC(C)(C)C)ncn1. The summed E-state index contributed by atoms with van der Waals surface area (Å²) in [6.45, 7) is 5.73. The first-order valence-electron chi connectivity index (χ1n) is 5.77. The van der Waals surface area contributed by atoms with E-state index in [1.807, 2.05) is 20.8 Å². The van der Waals surface area contributed by atoms with E-state index in [4.69, 9.17) is 9.62 Å². The van der Waals surface area contributed by atoms with Gasteiger partial charge in [0, 0.05) is 13.1 Å². The molecule has 0 bridgehead atoms. The van der Waals surface area contributed by atoms with Crippen molar-refractivity contribution in [3.05, 3.63) is 18.1 Å². The second kappa shape index (κ2) is 6.33. The van der Waals surface area contributed by atoms with Crippen molar-refractivity contribution in [2.24, 2.45) is 0 Å². The van der Waals surface area contributed by atoms with Gasteiger partial charge in [0.1, 0.15) is 11.9 Å². The summed E-state index contributed by atoms with van der Waals surface area (Å²) < 4.78 is 5.24. The van der Waals surface area contributed by atoms with Crippen molar-refractivity contribution in [3.63, 3.8) is 0 Å². The van der Waals surface area contributed by atoms with Gasteiger partial charge in [-0.05, 0) is 20.8 Å². The number of nitrogens with zero attached hydrogens (tertiary/aromatic N) is 3. The minimum atomic E-state index is -0.526. The molecule has 1 aromatic heterocycles. The molecule has 106 valence electrons. The molecule has 1 rings (SSSR count). The van der Waals surface area contributed by atoms with Crippen molar-refractivity contribution in [1.82, 2.24) is 14.9 Å². The predicted molar refractivity (Wildman–Crippen MR) is 67.4 cm³/mol. The first kappa shape index (κ1) is 15.2. The highest BCUT2D eigenvalue weighted by molar-refractivity contribution is 5.67. The highest BCUT2D eigenvalue weighted by Gasteiger charge is 2.20. The third-order valence-corrected chi connectivity index (χ3v) is 1.97. The van der Waals surface area contributed by atoms with Crippen LogP contribution in [0.4, 0.5) is 4.79 Å². The molecule has 0 saturated heterocycles. The minimum absolute atomic E-state index is 0.282. The van der Waals surface area contributed by atoms with Gasteiger partial charge in [0.25, 0.3) is 5.88 Å². The molecule has 1 amide bonds. The van der Waals surface area contributed by atoms with E-state index in [0.717, 1.165) is 0 Å². The van der Waals surface area contributed by atoms with Crippen LogP contribution in [0.5, 0.6) is 5.88 Å². The van der Waals surface area contributed by atoms with E-state index in [1.54, 1.807) is 13.1 Å². The second-order valence-corrected chi connectivity index (χ2v) is 4.93. The Morgan fingerprint density at radius 1 is 1.37 bits per heavy atom. The summed E-state index contributed by atoms with van der Waals surface area (Å²) >= 11 is 0. The Bertz CT molecular complexity index is 431. The van der Waals surface area contributed by atoms with Crippen molar-refractivity contribution in [2.75, 3.05) is 14.2 Å². The van der Waals surface area contributed by atoms with Crippen molar-refractivity contribution in [2.45, 2.75) is 32.9 Å². The van der Waals surface area contributed by atoms with Gasteiger partial charge < -0.3 is 14.5 Å². The molecule has 7 heteroatoms. The molecule has 1 aromatic rings. The van der Waals surface area contributed by atoms with Crippen LogP contribution in [0, 0.1) is 0 Å². The van der Waals surface area contributed by atoms with Crippen LogP contribution in [0.25, 0.3) is 0 Å². The molecule has 0 saturated carbocycles. The van der Waals surface area contributed by atoms with Crippen LogP contribution in [0.3, 0.4) is 0 Å². The van der Waals surface area contributed by atoms with Crippen LogP contribution in [0.2, 0.25) is 0 Å². The summed E-state index contributed by atoms with van der Waals surface area (Å²) in [6, 6.07) is 1.59. The van der Waals surface area contributed by atoms with Gasteiger partial charge in [-0.3, -0.25) is 0 Å². The van der Waals surface area contributed by atoms with Gasteiger partial charge in [-0.1, -0.05) is 0 Å². The maximum atomic E-state index is 11.8. The lowest BCUT2D eigenvalue weighted by atomic mass is 10.2. The normalized spacial score (nSPS) is 11.0. The summed E-state index contributed by atoms with van der Waals surface area (Å²) in [5.41, 5.74) is 0.0943. The van der Waals surface area contributed by atoms with E-state index in [1.165, 1.54) is 18.3 Å². The molecule has 19 heavy (non-hydrogen) atoms. The maximum Gasteiger partial charge on any atom is 0.410 e. The number of amides is 1. The lowest BCUT2D eigenvalue weighted by molar-refractivity contribution is -0.181. The molecule has 0 aliphatic heterocycles. The monoisotopic (exact) mass is 269 g/mol. The molecule has 0 N–H and O–H groups in total. The van der Waals surface area contributed by atoms with Crippen molar-refractivity contribution >= 4 is 6.09 Å². The van der Waals surface area contributed by atoms with Crippen LogP contribution in [0.15, 0.2) is 12.4 Å². The van der Waals surface area contributed by atoms with Gasteiger partial charge in [-0.25, -0.2) is 9.78 Å². The molecule has 0 unspecified atom stereocenters. The van der Waals surface area contributed by atoms with Crippen LogP contribution in [-0.4, -0.2) is 40.7 Å². The van der Waals surface area contributed by atoms with Crippen LogP contribution < -0.4 is 4.89 Å². The van der Waals surface area contributed by atoms with Gasteiger partial charge >= 0.3 is 6.09 Å². The highest BCUT2D eigenvalue weighted by Crippen LogP contribution is 2.12. The average molecular weight is 269 g/mol. The number of carbonyl (C=O) groups is 1. The molecule has 0 aliphatic rings. The van der Waals surface area contributed by atoms with Gasteiger partial charge in [0.2, 0.25) is 0 Å². The fraction of sp³-hybridized carbons (Fsp3) is 0.583. The molecule has 1 heterocycles. The Hall–Kier alpha value is -1.89. The Balaban J connectivity index is 2.63. The van der Waals surface area contributed by atoms with Gasteiger partial charge in [-0.15, -0.1) is 0 Å². The van der Waals surface area contributed by atoms with Crippen LogP contribution >= 0.6 is 0 Å². The molecule has 7 nitrogen and oxygen atoms in total. The third-order valence-electron chi connectivity index (χ3n) is 1.97. The fourth-order valence-corrected chi connectivity index (χ4v) is 1.24. The average Bonchev–Trinajstić information content (AvgIpc) is 2.27. The first-order valence-corrected chi connectivity index (χ1v) is 5.77. The Morgan fingerprint density at radius 2 is 2.05 bits per heavy atom. The highest BCUT2D eigenvalue weighted by atomic mass is 17.2. The smallest absolute Gasteiger partial charge is 0.410 e. The summed E-state index contributed by atoms with van der Waals surface area (Å²) in [5.74, 6) is 0.282. The summed E-state index contributed by atoms with van der Waals surface area (Å²) in [4.78, 5) is 30.4. The Morgan fingerprint density at radius 3 is 2.63 bits per heavy atom. The topological polar surface area (TPSA) is 73.8 Å². The van der Waals surface area contributed by atoms with Crippen molar-refractivity contribution in [3.8, 4) is 5.88 Å². The summed E-state index contributed by atoms with van der Waals surface area (Å²) in [7, 11) is 3.02. The van der Waals surface area contributed by atoms with Crippen LogP contribution in [0.1, 0.15) is 26.5 Å². The van der Waals surface area contributed by atoms with E-state index < -0.39 is 11.7 Å². The number of aromatic nitrogens is 2. The zero-order valence-corrected chi connectivity index (χ0v) is 11.8. The Labute approximate surface area is 112 Å². The molecular formula is C12H19N3O4. The minimum Gasteiger partial charge on any atom is -0.444 e. The lowest BCUT2D eigenvalue weighted by Crippen LogP contribution is -2.34. The molecule has 0 aromatic carbocycles. The molecule has 0 atom stereocenters. The number of hydrogen-bond acceptors (Lipinski definition) is 6. The van der Waals surface area contributed by atoms with Crippen molar-refractivity contribution in [1.29, 1.82) is 0 Å². The number of rotatable bonds is 4. The standard InChI is InChI=1S/C12H19N3O4/c1-12(2,3)18-11(16)15(4)7-9-6-10(19-17-5)14-8-13-9/h6,8H,7H2,1-5H3. The summed E-state index contributed by atoms with van der Waals surface area (Å²) in [5, 5.41) is 0. The van der Waals surface area contributed by atoms with Gasteiger partial charge in [0.05, 0.1) is 19.3 Å². The zero-order valence-electron chi connectivity index (χ0n) is 11.8. The van der Waals surface area contributed by atoms with E-state index in [0.29, 0.717) is 5.69 Å². The first-order chi connectivity index (χ1) is 8.81. The van der Waals surface area contributed by atoms with E-state index in [-0.39, 0.29) is 12.4 Å². The molecule has 0 aliphatic carbocycles. The van der Waals surface area contributed by atoms with Gasteiger partial charge in [-0.2, -0.15) is 9.87 Å². The number of ether oxygens (including phenoxy) is 1. The molecule has 0 spiro atoms. The fourth-order valence-electron chi connectivity index (χ4n) is 1.24. The lowest BCUT2D eigenvalue weighted by Gasteiger charge is -2.24. The van der Waals surface area contributed by atoms with E-state index in [9.17, 15) is 4.79 Å². The van der Waals surface area contributed by atoms with E-state index in [2.05, 4.69) is 14.9 Å². The van der Waals surface area contributed by atoms with Crippen molar-refractivity contribution < 1.29 is 19.3 Å². The molecule has 0 fully saturated rings. The van der Waals surface area contributed by atoms with Crippen LogP contribution in [-0.2, 0) is 16.2 Å². The quantitative estimate of drug-likeness (QED) is 0.612. The van der Waals surface area contributed by atoms with Gasteiger partial charge in [0.15, 0.2) is 0 Å².